The van der Waals surface area contributed by atoms with Gasteiger partial charge in [0.15, 0.2) is 50.3 Å². The minimum Gasteiger partial charge on any atom is -0.412 e. The molecule has 0 saturated carbocycles. The summed E-state index contributed by atoms with van der Waals surface area (Å²) >= 11 is 0. The molecular formula is C80H136O28Ti6. The number of benzene rings is 8. The monoisotopic (exact) mass is 1830 g/mol. The van der Waals surface area contributed by atoms with E-state index >= 15 is 0 Å². The van der Waals surface area contributed by atoms with E-state index in [2.05, 4.69) is 0 Å². The van der Waals surface area contributed by atoms with Gasteiger partial charge in [0.2, 0.25) is 0 Å². The van der Waals surface area contributed by atoms with Crippen LogP contribution in [0.3, 0.4) is 0 Å². The van der Waals surface area contributed by atoms with E-state index in [4.69, 9.17) is 123 Å². The van der Waals surface area contributed by atoms with Gasteiger partial charge in [0.1, 0.15) is 0 Å². The summed E-state index contributed by atoms with van der Waals surface area (Å²) in [4.78, 5) is 0. The Balaban J connectivity index is -0.0000000542. The number of rotatable bonds is 16. The van der Waals surface area contributed by atoms with Gasteiger partial charge in [-0.15, -0.1) is 0 Å². The number of hydrogen-bond acceptors (Lipinski definition) is 24. The molecule has 8 aromatic rings. The van der Waals surface area contributed by atoms with Gasteiger partial charge in [-0.1, -0.05) is 298 Å². The van der Waals surface area contributed by atoms with Gasteiger partial charge in [0.25, 0.3) is 0 Å². The summed E-state index contributed by atoms with van der Waals surface area (Å²) in [6.45, 7) is 18.0. The number of aliphatic hydroxyl groups is 24. The summed E-state index contributed by atoms with van der Waals surface area (Å²) in [5, 5.41) is 200. The molecule has 0 radical (unpaired) electrons. The second-order valence-corrected chi connectivity index (χ2v) is 20.1. The third-order valence-electron chi connectivity index (χ3n) is 10.6. The largest absolute Gasteiger partial charge is 0.412 e. The molecule has 0 aliphatic rings. The third-order valence-corrected chi connectivity index (χ3v) is 10.6. The second kappa shape index (κ2) is 128. The molecule has 32 N–H and O–H groups in total. The minimum absolute atomic E-state index is 0. The van der Waals surface area contributed by atoms with Crippen molar-refractivity contribution in [2.45, 2.75) is 157 Å². The van der Waals surface area contributed by atoms with Crippen molar-refractivity contribution in [2.75, 3.05) is 52.9 Å². The Labute approximate surface area is 765 Å². The van der Waals surface area contributed by atoms with Crippen LogP contribution < -0.4 is 0 Å². The van der Waals surface area contributed by atoms with Gasteiger partial charge in [0, 0.05) is 228 Å². The van der Waals surface area contributed by atoms with E-state index in [-0.39, 0.29) is 152 Å². The van der Waals surface area contributed by atoms with E-state index < -0.39 is 50.3 Å². The number of aliphatic hydroxyl groups excluding tert-OH is 16. The maximum absolute atomic E-state index is 8.58. The Morgan fingerprint density at radius 2 is 0.202 bits per heavy atom. The maximum atomic E-state index is 8.58. The summed E-state index contributed by atoms with van der Waals surface area (Å²) < 4.78 is 0. The Morgan fingerprint density at radius 3 is 0.228 bits per heavy atom. The topological polar surface area (TPSA) is 612 Å². The normalized spacial score (nSPS) is 8.49. The van der Waals surface area contributed by atoms with E-state index in [0.29, 0.717) is 97.4 Å². The van der Waals surface area contributed by atoms with Crippen molar-refractivity contribution in [3.8, 4) is 0 Å². The van der Waals surface area contributed by atoms with E-state index in [1.807, 2.05) is 104 Å². The molecule has 0 atom stereocenters. The van der Waals surface area contributed by atoms with Crippen LogP contribution in [-0.4, -0.2) is 197 Å². The molecule has 0 saturated heterocycles. The standard InChI is InChI=1S/8C7H8O2.8C3H8O.4H2O.6Ti/c8*8-7(9)6-4-2-1-3-5-6;8*1-2-3-4;;;;;;;;;;/h8*1-5,7-9H;8*4H,2-3H2,1H3;4*1H2;;;;;;. The van der Waals surface area contributed by atoms with Crippen molar-refractivity contribution >= 4 is 0 Å². The van der Waals surface area contributed by atoms with Gasteiger partial charge in [-0.25, -0.2) is 0 Å². The SMILES string of the molecule is CCCO.CCCO.CCCO.CCCO.CCCO.CCCO.CCCO.CCCO.O.O.O.O.OC(O)c1ccccc1.OC(O)c1ccccc1.OC(O)c1ccccc1.OC(O)c1ccccc1.OC(O)c1ccccc1.OC(O)c1ccccc1.OC(O)c1ccccc1.OC(O)c1ccccc1.[Ti].[Ti].[Ti].[Ti].[Ti].[Ti]. The van der Waals surface area contributed by atoms with Crippen LogP contribution in [0.25, 0.3) is 0 Å². The molecule has 0 aromatic heterocycles. The van der Waals surface area contributed by atoms with Crippen LogP contribution in [0.15, 0.2) is 243 Å². The maximum Gasteiger partial charge on any atom is 0.178 e. The fraction of sp³-hybridized carbons (Fsp3) is 0.400. The van der Waals surface area contributed by atoms with Crippen molar-refractivity contribution < 1.29 is 275 Å². The molecule has 0 amide bonds. The second-order valence-electron chi connectivity index (χ2n) is 20.1. The minimum atomic E-state index is -1.34. The van der Waals surface area contributed by atoms with Gasteiger partial charge in [-0.2, -0.15) is 0 Å². The smallest absolute Gasteiger partial charge is 0.178 e. The summed E-state index contributed by atoms with van der Waals surface area (Å²) in [5.74, 6) is 0. The third kappa shape index (κ3) is 125. The molecule has 8 rings (SSSR count). The molecule has 648 valence electrons. The van der Waals surface area contributed by atoms with Gasteiger partial charge in [-0.3, -0.25) is 0 Å². The van der Waals surface area contributed by atoms with Gasteiger partial charge in [-0.05, 0) is 51.4 Å². The van der Waals surface area contributed by atoms with Crippen LogP contribution in [0.1, 0.15) is 202 Å². The molecule has 114 heavy (non-hydrogen) atoms. The Bertz CT molecular complexity index is 2170. The zero-order valence-corrected chi connectivity index (χ0v) is 76.1. The molecule has 0 aliphatic heterocycles. The summed E-state index contributed by atoms with van der Waals surface area (Å²) in [5.41, 5.74) is 4.20. The molecular weight excluding hydrogens is 1700 g/mol. The Kier molecular flexibility index (Phi) is 174. The van der Waals surface area contributed by atoms with E-state index in [9.17, 15) is 0 Å². The van der Waals surface area contributed by atoms with E-state index in [0.717, 1.165) is 51.4 Å². The van der Waals surface area contributed by atoms with Crippen molar-refractivity contribution in [2.24, 2.45) is 0 Å². The van der Waals surface area contributed by atoms with Crippen LogP contribution in [-0.2, 0) is 130 Å². The zero-order chi connectivity index (χ0) is 80.8. The summed E-state index contributed by atoms with van der Waals surface area (Å²) in [6.07, 6.45) is -3.73. The van der Waals surface area contributed by atoms with Crippen LogP contribution in [0.4, 0.5) is 0 Å². The molecule has 0 bridgehead atoms. The summed E-state index contributed by atoms with van der Waals surface area (Å²) in [7, 11) is 0. The van der Waals surface area contributed by atoms with Crippen LogP contribution in [0.5, 0.6) is 0 Å². The first-order valence-electron chi connectivity index (χ1n) is 33.9. The van der Waals surface area contributed by atoms with E-state index in [1.165, 1.54) is 0 Å². The fourth-order valence-corrected chi connectivity index (χ4v) is 5.00. The van der Waals surface area contributed by atoms with Crippen LogP contribution >= 0.6 is 0 Å². The van der Waals surface area contributed by atoms with Crippen LogP contribution in [0.2, 0.25) is 0 Å². The Hall–Kier alpha value is -3.07. The van der Waals surface area contributed by atoms with Crippen molar-refractivity contribution in [3.05, 3.63) is 287 Å². The molecule has 34 heteroatoms. The first-order chi connectivity index (χ1) is 49.7. The molecule has 0 heterocycles. The first kappa shape index (κ1) is 155. The molecule has 0 unspecified atom stereocenters. The fourth-order valence-electron chi connectivity index (χ4n) is 5.00. The summed E-state index contributed by atoms with van der Waals surface area (Å²) in [6, 6.07) is 69.3. The Morgan fingerprint density at radius 1 is 0.149 bits per heavy atom. The van der Waals surface area contributed by atoms with Gasteiger partial charge < -0.3 is 144 Å². The zero-order valence-electron chi connectivity index (χ0n) is 66.8. The predicted octanol–water partition coefficient (Wildman–Crippen LogP) is 5.15. The molecule has 0 fully saturated rings. The molecule has 8 aromatic carbocycles. The van der Waals surface area contributed by atoms with Crippen molar-refractivity contribution in [3.63, 3.8) is 0 Å². The first-order valence-corrected chi connectivity index (χ1v) is 33.9. The van der Waals surface area contributed by atoms with E-state index in [1.54, 1.807) is 194 Å². The predicted molar refractivity (Wildman–Crippen MR) is 422 cm³/mol. The molecule has 0 aliphatic carbocycles. The van der Waals surface area contributed by atoms with Gasteiger partial charge >= 0.3 is 0 Å². The van der Waals surface area contributed by atoms with Crippen LogP contribution in [0, 0.1) is 0 Å². The van der Waals surface area contributed by atoms with Crippen molar-refractivity contribution in [1.29, 1.82) is 0 Å². The quantitative estimate of drug-likeness (QED) is 0.0439. The molecule has 28 nitrogen and oxygen atoms in total. The van der Waals surface area contributed by atoms with Crippen molar-refractivity contribution in [1.82, 2.24) is 0 Å². The number of hydrogen-bond donors (Lipinski definition) is 24. The average molecular weight is 1830 g/mol. The average Bonchev–Trinajstić information content (AvgIpc) is 1.02. The molecule has 0 spiro atoms. The van der Waals surface area contributed by atoms with Gasteiger partial charge in [0.05, 0.1) is 0 Å².